The fourth-order valence-corrected chi connectivity index (χ4v) is 3.32. The van der Waals surface area contributed by atoms with E-state index in [-0.39, 0.29) is 5.82 Å². The molecule has 1 aliphatic heterocycles. The summed E-state index contributed by atoms with van der Waals surface area (Å²) < 4.78 is 19.8. The summed E-state index contributed by atoms with van der Waals surface area (Å²) in [4.78, 5) is 1.99. The number of rotatable bonds is 6. The number of morpholine rings is 1. The number of anilines is 2. The van der Waals surface area contributed by atoms with E-state index in [1.807, 2.05) is 24.8 Å². The molecule has 0 radical (unpaired) electrons. The van der Waals surface area contributed by atoms with E-state index in [0.717, 1.165) is 29.7 Å². The SMILES string of the molecule is CCc1nnc(NCc2ccc(N3CCOCC3)c(F)c2)c(C#N)c1CC. The Morgan fingerprint density at radius 2 is 2.00 bits per heavy atom. The van der Waals surface area contributed by atoms with E-state index in [4.69, 9.17) is 4.74 Å². The van der Waals surface area contributed by atoms with Gasteiger partial charge in [-0.25, -0.2) is 4.39 Å². The molecule has 1 aromatic heterocycles. The van der Waals surface area contributed by atoms with Crippen molar-refractivity contribution in [1.29, 1.82) is 5.26 Å². The maximum atomic E-state index is 14.5. The van der Waals surface area contributed by atoms with Crippen LogP contribution in [0.4, 0.5) is 15.9 Å². The van der Waals surface area contributed by atoms with Crippen LogP contribution in [0.1, 0.15) is 36.2 Å². The maximum absolute atomic E-state index is 14.5. The number of nitrogens with one attached hydrogen (secondary N) is 1. The number of aromatic nitrogens is 2. The minimum absolute atomic E-state index is 0.252. The first-order chi connectivity index (χ1) is 13.2. The van der Waals surface area contributed by atoms with Crippen molar-refractivity contribution in [1.82, 2.24) is 10.2 Å². The van der Waals surface area contributed by atoms with Crippen LogP contribution in [0, 0.1) is 17.1 Å². The molecule has 0 spiro atoms. The lowest BCUT2D eigenvalue weighted by atomic mass is 10.0. The predicted octanol–water partition coefficient (Wildman–Crippen LogP) is 3.06. The van der Waals surface area contributed by atoms with Gasteiger partial charge in [0.2, 0.25) is 0 Å². The van der Waals surface area contributed by atoms with Gasteiger partial charge >= 0.3 is 0 Å². The molecule has 1 aromatic carbocycles. The highest BCUT2D eigenvalue weighted by Gasteiger charge is 2.16. The van der Waals surface area contributed by atoms with Crippen LogP contribution in [0.5, 0.6) is 0 Å². The molecule has 7 heteroatoms. The number of nitriles is 1. The Morgan fingerprint density at radius 1 is 1.22 bits per heavy atom. The molecule has 2 aromatic rings. The summed E-state index contributed by atoms with van der Waals surface area (Å²) in [5, 5.41) is 21.1. The fourth-order valence-electron chi connectivity index (χ4n) is 3.32. The van der Waals surface area contributed by atoms with Gasteiger partial charge in [0.1, 0.15) is 17.4 Å². The van der Waals surface area contributed by atoms with E-state index in [9.17, 15) is 9.65 Å². The Labute approximate surface area is 159 Å². The monoisotopic (exact) mass is 369 g/mol. The van der Waals surface area contributed by atoms with Crippen LogP contribution in [0.2, 0.25) is 0 Å². The topological polar surface area (TPSA) is 74.1 Å². The van der Waals surface area contributed by atoms with Crippen molar-refractivity contribution in [2.24, 2.45) is 0 Å². The summed E-state index contributed by atoms with van der Waals surface area (Å²) in [6.07, 6.45) is 1.46. The average molecular weight is 369 g/mol. The van der Waals surface area contributed by atoms with E-state index < -0.39 is 0 Å². The van der Waals surface area contributed by atoms with Crippen LogP contribution >= 0.6 is 0 Å². The van der Waals surface area contributed by atoms with Crippen LogP contribution < -0.4 is 10.2 Å². The summed E-state index contributed by atoms with van der Waals surface area (Å²) in [6, 6.07) is 7.45. The molecule has 0 unspecified atom stereocenters. The number of hydrogen-bond acceptors (Lipinski definition) is 6. The van der Waals surface area contributed by atoms with Crippen molar-refractivity contribution >= 4 is 11.5 Å². The van der Waals surface area contributed by atoms with Gasteiger partial charge in [0, 0.05) is 19.6 Å². The minimum Gasteiger partial charge on any atom is -0.378 e. The number of benzene rings is 1. The van der Waals surface area contributed by atoms with Gasteiger partial charge in [-0.15, -0.1) is 5.10 Å². The molecule has 0 amide bonds. The third-order valence-electron chi connectivity index (χ3n) is 4.78. The quantitative estimate of drug-likeness (QED) is 0.844. The van der Waals surface area contributed by atoms with E-state index in [1.165, 1.54) is 6.07 Å². The number of hydrogen-bond donors (Lipinski definition) is 1. The first-order valence-corrected chi connectivity index (χ1v) is 9.31. The first kappa shape index (κ1) is 19.1. The highest BCUT2D eigenvalue weighted by atomic mass is 19.1. The molecule has 1 saturated heterocycles. The van der Waals surface area contributed by atoms with Gasteiger partial charge < -0.3 is 15.0 Å². The fraction of sp³-hybridized carbons (Fsp3) is 0.450. The second-order valence-electron chi connectivity index (χ2n) is 6.41. The molecule has 6 nitrogen and oxygen atoms in total. The van der Waals surface area contributed by atoms with Crippen molar-refractivity contribution in [2.45, 2.75) is 33.2 Å². The van der Waals surface area contributed by atoms with Gasteiger partial charge in [0.05, 0.1) is 24.6 Å². The average Bonchev–Trinajstić information content (AvgIpc) is 2.72. The van der Waals surface area contributed by atoms with Crippen molar-refractivity contribution in [3.8, 4) is 6.07 Å². The van der Waals surface area contributed by atoms with Crippen molar-refractivity contribution < 1.29 is 9.13 Å². The van der Waals surface area contributed by atoms with Crippen LogP contribution in [0.25, 0.3) is 0 Å². The highest BCUT2D eigenvalue weighted by molar-refractivity contribution is 5.57. The number of ether oxygens (including phenoxy) is 1. The van der Waals surface area contributed by atoms with Gasteiger partial charge in [-0.05, 0) is 36.1 Å². The summed E-state index contributed by atoms with van der Waals surface area (Å²) >= 11 is 0. The second kappa shape index (κ2) is 8.78. The Hall–Kier alpha value is -2.72. The van der Waals surface area contributed by atoms with E-state index >= 15 is 0 Å². The van der Waals surface area contributed by atoms with Crippen molar-refractivity contribution in [2.75, 3.05) is 36.5 Å². The number of aryl methyl sites for hydroxylation is 1. The van der Waals surface area contributed by atoms with Crippen LogP contribution in [-0.2, 0) is 24.1 Å². The normalized spacial score (nSPS) is 14.1. The molecule has 2 heterocycles. The van der Waals surface area contributed by atoms with Crippen LogP contribution in [-0.4, -0.2) is 36.5 Å². The zero-order valence-electron chi connectivity index (χ0n) is 15.8. The lowest BCUT2D eigenvalue weighted by Crippen LogP contribution is -2.36. The predicted molar refractivity (Wildman–Crippen MR) is 102 cm³/mol. The molecule has 1 fully saturated rings. The Kier molecular flexibility index (Phi) is 6.20. The lowest BCUT2D eigenvalue weighted by Gasteiger charge is -2.29. The van der Waals surface area contributed by atoms with E-state index in [0.29, 0.717) is 49.9 Å². The molecule has 0 aliphatic carbocycles. The van der Waals surface area contributed by atoms with Crippen molar-refractivity contribution in [3.05, 3.63) is 46.4 Å². The number of nitrogens with zero attached hydrogens (tertiary/aromatic N) is 4. The molecule has 142 valence electrons. The van der Waals surface area contributed by atoms with Crippen LogP contribution in [0.15, 0.2) is 18.2 Å². The Bertz CT molecular complexity index is 843. The van der Waals surface area contributed by atoms with Gasteiger partial charge in [-0.2, -0.15) is 10.4 Å². The van der Waals surface area contributed by atoms with E-state index in [1.54, 1.807) is 6.07 Å². The third kappa shape index (κ3) is 4.17. The Morgan fingerprint density at radius 3 is 2.63 bits per heavy atom. The first-order valence-electron chi connectivity index (χ1n) is 9.31. The summed E-state index contributed by atoms with van der Waals surface area (Å²) in [6.45, 7) is 6.99. The zero-order valence-corrected chi connectivity index (χ0v) is 15.8. The smallest absolute Gasteiger partial charge is 0.167 e. The second-order valence-corrected chi connectivity index (χ2v) is 6.41. The third-order valence-corrected chi connectivity index (χ3v) is 4.78. The maximum Gasteiger partial charge on any atom is 0.167 e. The summed E-state index contributed by atoms with van der Waals surface area (Å²) in [5.41, 5.74) is 3.68. The van der Waals surface area contributed by atoms with Crippen molar-refractivity contribution in [3.63, 3.8) is 0 Å². The van der Waals surface area contributed by atoms with Gasteiger partial charge in [-0.3, -0.25) is 0 Å². The molecule has 1 N–H and O–H groups in total. The van der Waals surface area contributed by atoms with Gasteiger partial charge in [-0.1, -0.05) is 19.9 Å². The number of halogens is 1. The molecule has 27 heavy (non-hydrogen) atoms. The standard InChI is InChI=1S/C20H24FN5O/c1-3-15-16(12-22)20(25-24-18(15)4-2)23-13-14-5-6-19(17(21)11-14)26-7-9-27-10-8-26/h5-6,11H,3-4,7-10,13H2,1-2H3,(H,23,25). The Balaban J connectivity index is 1.75. The molecule has 0 bridgehead atoms. The molecule has 0 saturated carbocycles. The molecule has 0 atom stereocenters. The highest BCUT2D eigenvalue weighted by Crippen LogP contribution is 2.23. The summed E-state index contributed by atoms with van der Waals surface area (Å²) in [5.74, 6) is 0.197. The minimum atomic E-state index is -0.252. The van der Waals surface area contributed by atoms with Gasteiger partial charge in [0.25, 0.3) is 0 Å². The molecular weight excluding hydrogens is 345 g/mol. The largest absolute Gasteiger partial charge is 0.378 e. The lowest BCUT2D eigenvalue weighted by molar-refractivity contribution is 0.122. The molecule has 1 aliphatic rings. The molecular formula is C20H24FN5O. The molecule has 3 rings (SSSR count). The van der Waals surface area contributed by atoms with E-state index in [2.05, 4.69) is 21.6 Å². The zero-order chi connectivity index (χ0) is 19.2. The van der Waals surface area contributed by atoms with Crippen LogP contribution in [0.3, 0.4) is 0 Å². The van der Waals surface area contributed by atoms with Gasteiger partial charge in [0.15, 0.2) is 5.82 Å². The summed E-state index contributed by atoms with van der Waals surface area (Å²) in [7, 11) is 0.